The van der Waals surface area contributed by atoms with E-state index < -0.39 is 0 Å². The smallest absolute Gasteiger partial charge is 0.240 e. The fourth-order valence-corrected chi connectivity index (χ4v) is 4.78. The predicted molar refractivity (Wildman–Crippen MR) is 88.3 cm³/mol. The number of aryl methyl sites for hydroxylation is 1. The van der Waals surface area contributed by atoms with E-state index in [2.05, 4.69) is 30.0 Å². The van der Waals surface area contributed by atoms with E-state index >= 15 is 0 Å². The van der Waals surface area contributed by atoms with Crippen molar-refractivity contribution in [2.75, 3.05) is 18.8 Å². The Hall–Kier alpha value is -1.00. The maximum atomic E-state index is 13.0. The summed E-state index contributed by atoms with van der Waals surface area (Å²) in [7, 11) is 0. The number of thioether (sulfide) groups is 1. The molecule has 1 amide bonds. The number of carbonyl (C=O) groups excluding carboxylic acids is 1. The number of likely N-dealkylation sites (tertiary alicyclic amines) is 1. The van der Waals surface area contributed by atoms with Crippen LogP contribution in [0.3, 0.4) is 0 Å². The van der Waals surface area contributed by atoms with Crippen LogP contribution in [0.15, 0.2) is 24.3 Å². The lowest BCUT2D eigenvalue weighted by Gasteiger charge is -2.40. The number of fused-ring (bicyclic) bond motifs is 1. The van der Waals surface area contributed by atoms with Crippen LogP contribution >= 0.6 is 11.8 Å². The van der Waals surface area contributed by atoms with E-state index in [1.807, 2.05) is 6.07 Å². The van der Waals surface area contributed by atoms with Gasteiger partial charge in [0.05, 0.1) is 0 Å². The number of nitrogens with two attached hydrogens (primary N) is 1. The third-order valence-electron chi connectivity index (χ3n) is 4.75. The van der Waals surface area contributed by atoms with Gasteiger partial charge in [0.2, 0.25) is 5.91 Å². The van der Waals surface area contributed by atoms with Crippen LogP contribution in [0.5, 0.6) is 0 Å². The highest BCUT2D eigenvalue weighted by Gasteiger charge is 2.35. The molecule has 0 aliphatic carbocycles. The summed E-state index contributed by atoms with van der Waals surface area (Å²) in [6.45, 7) is 3.70. The molecule has 1 fully saturated rings. The van der Waals surface area contributed by atoms with Crippen LogP contribution in [0.2, 0.25) is 0 Å². The predicted octanol–water partition coefficient (Wildman–Crippen LogP) is 2.60. The minimum absolute atomic E-state index is 0.0302. The van der Waals surface area contributed by atoms with Crippen LogP contribution in [-0.4, -0.2) is 35.7 Å². The summed E-state index contributed by atoms with van der Waals surface area (Å²) in [6.07, 6.45) is 3.21. The Balaban J connectivity index is 1.82. The Bertz CT molecular complexity index is 519. The molecule has 3 unspecified atom stereocenters. The van der Waals surface area contributed by atoms with Gasteiger partial charge in [-0.25, -0.2) is 0 Å². The summed E-state index contributed by atoms with van der Waals surface area (Å²) in [5.74, 6) is 1.98. The highest BCUT2D eigenvalue weighted by molar-refractivity contribution is 8.00. The lowest BCUT2D eigenvalue weighted by Crippen LogP contribution is -2.50. The summed E-state index contributed by atoms with van der Waals surface area (Å²) in [4.78, 5) is 15.1. The van der Waals surface area contributed by atoms with Crippen molar-refractivity contribution in [2.45, 2.75) is 37.5 Å². The number of piperidine rings is 1. The first-order valence-electron chi connectivity index (χ1n) is 7.90. The molecular weight excluding hydrogens is 280 g/mol. The van der Waals surface area contributed by atoms with E-state index in [0.29, 0.717) is 12.5 Å². The van der Waals surface area contributed by atoms with Crippen molar-refractivity contribution < 1.29 is 4.79 Å². The standard InChI is InChI=1S/C17H24N2OS/c1-12-6-8-19(14(10-12)11-18)17(20)16-15-5-3-2-4-13(15)7-9-21-16/h2-5,12,14,16H,6-11,18H2,1H3. The second-order valence-corrected chi connectivity index (χ2v) is 7.46. The zero-order valence-electron chi connectivity index (χ0n) is 12.6. The summed E-state index contributed by atoms with van der Waals surface area (Å²) >= 11 is 1.79. The fourth-order valence-electron chi connectivity index (χ4n) is 3.51. The van der Waals surface area contributed by atoms with Gasteiger partial charge in [0, 0.05) is 19.1 Å². The maximum Gasteiger partial charge on any atom is 0.240 e. The van der Waals surface area contributed by atoms with E-state index in [1.165, 1.54) is 11.1 Å². The van der Waals surface area contributed by atoms with Gasteiger partial charge in [-0.3, -0.25) is 4.79 Å². The number of amides is 1. The van der Waals surface area contributed by atoms with Gasteiger partial charge in [-0.1, -0.05) is 31.2 Å². The molecule has 3 atom stereocenters. The zero-order valence-corrected chi connectivity index (χ0v) is 13.4. The molecule has 1 aromatic carbocycles. The van der Waals surface area contributed by atoms with Crippen molar-refractivity contribution in [3.05, 3.63) is 35.4 Å². The molecule has 2 aliphatic rings. The van der Waals surface area contributed by atoms with Crippen LogP contribution in [-0.2, 0) is 11.2 Å². The van der Waals surface area contributed by atoms with E-state index in [9.17, 15) is 4.79 Å². The molecule has 2 heterocycles. The molecule has 1 saturated heterocycles. The first-order valence-corrected chi connectivity index (χ1v) is 8.95. The van der Waals surface area contributed by atoms with Crippen LogP contribution in [0.4, 0.5) is 0 Å². The number of nitrogens with zero attached hydrogens (tertiary/aromatic N) is 1. The van der Waals surface area contributed by atoms with Gasteiger partial charge in [0.15, 0.2) is 0 Å². The van der Waals surface area contributed by atoms with Crippen molar-refractivity contribution in [3.63, 3.8) is 0 Å². The van der Waals surface area contributed by atoms with Crippen LogP contribution in [0, 0.1) is 5.92 Å². The summed E-state index contributed by atoms with van der Waals surface area (Å²) in [5.41, 5.74) is 8.47. The molecule has 3 rings (SSSR count). The van der Waals surface area contributed by atoms with Gasteiger partial charge < -0.3 is 10.6 Å². The summed E-state index contributed by atoms with van der Waals surface area (Å²) in [5, 5.41) is -0.0302. The second kappa shape index (κ2) is 6.41. The molecule has 2 aliphatic heterocycles. The third-order valence-corrected chi connectivity index (χ3v) is 5.98. The van der Waals surface area contributed by atoms with Crippen molar-refractivity contribution in [1.82, 2.24) is 4.90 Å². The topological polar surface area (TPSA) is 46.3 Å². The molecule has 0 saturated carbocycles. The van der Waals surface area contributed by atoms with Gasteiger partial charge >= 0.3 is 0 Å². The summed E-state index contributed by atoms with van der Waals surface area (Å²) < 4.78 is 0. The Labute approximate surface area is 131 Å². The number of hydrogen-bond acceptors (Lipinski definition) is 3. The molecule has 0 radical (unpaired) electrons. The summed E-state index contributed by atoms with van der Waals surface area (Å²) in [6, 6.07) is 8.61. The average molecular weight is 304 g/mol. The van der Waals surface area contributed by atoms with Gasteiger partial charge in [0.1, 0.15) is 5.25 Å². The maximum absolute atomic E-state index is 13.0. The number of benzene rings is 1. The van der Waals surface area contributed by atoms with Crippen molar-refractivity contribution in [3.8, 4) is 0 Å². The highest BCUT2D eigenvalue weighted by Crippen LogP contribution is 2.39. The molecule has 3 nitrogen and oxygen atoms in total. The Kier molecular flexibility index (Phi) is 4.55. The van der Waals surface area contributed by atoms with Crippen molar-refractivity contribution >= 4 is 17.7 Å². The first kappa shape index (κ1) is 14.9. The first-order chi connectivity index (χ1) is 10.2. The number of rotatable bonds is 2. The third kappa shape index (κ3) is 2.97. The van der Waals surface area contributed by atoms with Crippen LogP contribution < -0.4 is 5.73 Å². The minimum atomic E-state index is -0.0302. The Morgan fingerprint density at radius 1 is 1.43 bits per heavy atom. The van der Waals surface area contributed by atoms with Crippen LogP contribution in [0.1, 0.15) is 36.1 Å². The minimum Gasteiger partial charge on any atom is -0.337 e. The van der Waals surface area contributed by atoms with Crippen molar-refractivity contribution in [1.29, 1.82) is 0 Å². The molecule has 1 aromatic rings. The lowest BCUT2D eigenvalue weighted by molar-refractivity contribution is -0.134. The molecule has 4 heteroatoms. The number of carbonyl (C=O) groups is 1. The average Bonchev–Trinajstić information content (AvgIpc) is 2.53. The normalized spacial score (nSPS) is 29.0. The van der Waals surface area contributed by atoms with E-state index in [4.69, 9.17) is 5.73 Å². The molecule has 0 spiro atoms. The van der Waals surface area contributed by atoms with Gasteiger partial charge in [-0.2, -0.15) is 0 Å². The van der Waals surface area contributed by atoms with Gasteiger partial charge in [0.25, 0.3) is 0 Å². The Morgan fingerprint density at radius 2 is 2.24 bits per heavy atom. The monoisotopic (exact) mass is 304 g/mol. The van der Waals surface area contributed by atoms with Crippen molar-refractivity contribution in [2.24, 2.45) is 11.7 Å². The van der Waals surface area contributed by atoms with Crippen LogP contribution in [0.25, 0.3) is 0 Å². The van der Waals surface area contributed by atoms with Gasteiger partial charge in [-0.05, 0) is 42.1 Å². The lowest BCUT2D eigenvalue weighted by atomic mass is 9.91. The zero-order chi connectivity index (χ0) is 14.8. The quantitative estimate of drug-likeness (QED) is 0.913. The number of hydrogen-bond donors (Lipinski definition) is 1. The molecule has 0 bridgehead atoms. The SMILES string of the molecule is CC1CCN(C(=O)C2SCCc3ccccc32)C(CN)C1. The van der Waals surface area contributed by atoms with E-state index in [1.54, 1.807) is 11.8 Å². The second-order valence-electron chi connectivity index (χ2n) is 6.25. The van der Waals surface area contributed by atoms with Gasteiger partial charge in [-0.15, -0.1) is 11.8 Å². The molecule has 0 aromatic heterocycles. The molecular formula is C17H24N2OS. The van der Waals surface area contributed by atoms with E-state index in [-0.39, 0.29) is 17.2 Å². The van der Waals surface area contributed by atoms with E-state index in [0.717, 1.165) is 31.6 Å². The largest absolute Gasteiger partial charge is 0.337 e. The molecule has 114 valence electrons. The Morgan fingerprint density at radius 3 is 3.05 bits per heavy atom. The highest BCUT2D eigenvalue weighted by atomic mass is 32.2. The molecule has 2 N–H and O–H groups in total. The fraction of sp³-hybridized carbons (Fsp3) is 0.588. The molecule has 21 heavy (non-hydrogen) atoms.